The molecule has 4 aliphatic rings. The lowest BCUT2D eigenvalue weighted by Crippen LogP contribution is -2.40. The van der Waals surface area contributed by atoms with Gasteiger partial charge < -0.3 is 19.6 Å². The number of para-hydroxylation sites is 6. The molecule has 2 spiro atoms. The number of aryl methyl sites for hydroxylation is 2. The zero-order chi connectivity index (χ0) is 86.3. The van der Waals surface area contributed by atoms with Gasteiger partial charge in [-0.15, -0.1) is 0 Å². The van der Waals surface area contributed by atoms with Crippen LogP contribution in [0.25, 0.3) is 87.6 Å². The van der Waals surface area contributed by atoms with Gasteiger partial charge in [-0.1, -0.05) is 336 Å². The first-order valence-electron chi connectivity index (χ1n) is 45.0. The highest BCUT2D eigenvalue weighted by Gasteiger charge is 2.55. The topological polar surface area (TPSA) is 13.0 Å². The molecule has 0 amide bonds. The molecular formula is C122H96N4Si2. The van der Waals surface area contributed by atoms with Crippen LogP contribution in [0.5, 0.6) is 0 Å². The third kappa shape index (κ3) is 12.3. The van der Waals surface area contributed by atoms with Crippen LogP contribution in [-0.2, 0) is 10.8 Å². The predicted octanol–water partition coefficient (Wildman–Crippen LogP) is 32.3. The molecule has 6 heteroatoms. The van der Waals surface area contributed by atoms with E-state index in [1.54, 1.807) is 0 Å². The lowest BCUT2D eigenvalue weighted by molar-refractivity contribution is 0.795. The Morgan fingerprint density at radius 3 is 1.00 bits per heavy atom. The molecule has 20 aromatic rings. The SMILES string of the molecule is Cc1cccc(N(c2ccccc2)c2ccc3cc4c(cc3c2)C2(c3ccccc3-c3ccccc32)c2cc(N(c3ccccc3)c3cccc([Si](C)(C)C)c3)c3ccccc3c2-4)c1.Cc1ccccc1N(c1ccccc1)c1cc2c(c3ccccc13)-c1cc3ccc(N(c4ccccc4)c4ccccc4[Si](C)(C)C)cc3cc1C21c2ccccc2-c2ccccc21. The van der Waals surface area contributed by atoms with Crippen LogP contribution in [0, 0.1) is 13.8 Å². The van der Waals surface area contributed by atoms with Gasteiger partial charge in [0.2, 0.25) is 0 Å². The van der Waals surface area contributed by atoms with Gasteiger partial charge in [-0.25, -0.2) is 0 Å². The molecule has 0 bridgehead atoms. The van der Waals surface area contributed by atoms with Gasteiger partial charge >= 0.3 is 0 Å². The first kappa shape index (κ1) is 77.8. The van der Waals surface area contributed by atoms with Crippen LogP contribution >= 0.6 is 0 Å². The van der Waals surface area contributed by atoms with E-state index in [0.717, 1.165) is 39.8 Å². The molecule has 612 valence electrons. The fourth-order valence-corrected chi connectivity index (χ4v) is 24.8. The maximum absolute atomic E-state index is 2.57. The van der Waals surface area contributed by atoms with Crippen molar-refractivity contribution in [2.45, 2.75) is 64.0 Å². The number of nitrogens with zero attached hydrogens (tertiary/aromatic N) is 4. The number of hydrogen-bond acceptors (Lipinski definition) is 4. The van der Waals surface area contributed by atoms with Gasteiger partial charge in [-0.3, -0.25) is 0 Å². The summed E-state index contributed by atoms with van der Waals surface area (Å²) in [4.78, 5) is 9.87. The van der Waals surface area contributed by atoms with E-state index in [-0.39, 0.29) is 0 Å². The van der Waals surface area contributed by atoms with E-state index < -0.39 is 27.0 Å². The smallest absolute Gasteiger partial charge is 0.0803 e. The Morgan fingerprint density at radius 2 is 0.547 bits per heavy atom. The summed E-state index contributed by atoms with van der Waals surface area (Å²) >= 11 is 0. The maximum atomic E-state index is 2.57. The van der Waals surface area contributed by atoms with Crippen LogP contribution in [0.3, 0.4) is 0 Å². The van der Waals surface area contributed by atoms with Crippen molar-refractivity contribution in [1.29, 1.82) is 0 Å². The van der Waals surface area contributed by atoms with E-state index in [9.17, 15) is 0 Å². The number of anilines is 12. The van der Waals surface area contributed by atoms with E-state index in [4.69, 9.17) is 0 Å². The first-order valence-corrected chi connectivity index (χ1v) is 52.0. The summed E-state index contributed by atoms with van der Waals surface area (Å²) in [6.45, 7) is 19.1. The molecule has 4 aliphatic carbocycles. The van der Waals surface area contributed by atoms with Crippen molar-refractivity contribution in [3.8, 4) is 44.5 Å². The van der Waals surface area contributed by atoms with Crippen LogP contribution in [0.15, 0.2) is 437 Å². The molecule has 0 N–H and O–H groups in total. The normalized spacial score (nSPS) is 13.1. The number of hydrogen-bond donors (Lipinski definition) is 0. The second kappa shape index (κ2) is 30.5. The van der Waals surface area contributed by atoms with Gasteiger partial charge in [-0.2, -0.15) is 0 Å². The van der Waals surface area contributed by atoms with Crippen LogP contribution in [0.4, 0.5) is 68.2 Å². The summed E-state index contributed by atoms with van der Waals surface area (Å²) in [7, 11) is -3.37. The van der Waals surface area contributed by atoms with Crippen molar-refractivity contribution < 1.29 is 0 Å². The Bertz CT molecular complexity index is 7750. The Morgan fingerprint density at radius 1 is 0.195 bits per heavy atom. The fraction of sp³-hybridized carbons (Fsp3) is 0.0820. The molecule has 0 unspecified atom stereocenters. The van der Waals surface area contributed by atoms with Crippen molar-refractivity contribution in [1.82, 2.24) is 0 Å². The van der Waals surface area contributed by atoms with Gasteiger partial charge in [0, 0.05) is 67.6 Å². The van der Waals surface area contributed by atoms with E-state index in [1.165, 1.54) is 182 Å². The van der Waals surface area contributed by atoms with Crippen molar-refractivity contribution in [2.75, 3.05) is 19.6 Å². The largest absolute Gasteiger partial charge is 0.311 e. The zero-order valence-electron chi connectivity index (χ0n) is 73.4. The summed E-state index contributed by atoms with van der Waals surface area (Å²) in [5, 5.41) is 12.8. The molecule has 0 saturated carbocycles. The second-order valence-electron chi connectivity index (χ2n) is 37.1. The van der Waals surface area contributed by atoms with Gasteiger partial charge in [-0.05, 0) is 297 Å². The monoisotopic (exact) mass is 1670 g/mol. The van der Waals surface area contributed by atoms with E-state index in [0.29, 0.717) is 0 Å². The molecule has 0 fully saturated rings. The van der Waals surface area contributed by atoms with E-state index in [2.05, 4.69) is 510 Å². The maximum Gasteiger partial charge on any atom is 0.0803 e. The Hall–Kier alpha value is -14.9. The highest BCUT2D eigenvalue weighted by atomic mass is 28.3. The minimum Gasteiger partial charge on any atom is -0.311 e. The predicted molar refractivity (Wildman–Crippen MR) is 550 cm³/mol. The minimum atomic E-state index is -1.73. The standard InChI is InChI=1S/2C61H48N2Si/c1-41-21-11-18-32-56(41)63(45-24-9-6-10-25-45)58-40-55-60(50-29-13-12-28-49(50)58)51-38-42-35-36-46(62(44-22-7-5-8-23-44)57-33-19-20-34-59(57)64(2,3)4)37-43(42)39-54(51)61(55)52-30-16-14-26-47(52)48-27-15-17-31-53(48)61;1-41-19-17-24-46(35-41)62(44-20-7-5-8-21-44)48-34-33-42-37-54-57(38-43(42)36-48)61(55-31-15-13-27-50(55)51-28-14-16-32-56(51)61)58-40-59(52-29-11-12-30-53(52)60(54)58)63(45-22-9-6-10-23-45)47-25-18-26-49(39-47)64(2,3)4/h2*5-40H,1-4H3. The molecule has 128 heavy (non-hydrogen) atoms. The molecule has 0 atom stereocenters. The summed E-state index contributed by atoms with van der Waals surface area (Å²) in [6, 6.07) is 164. The summed E-state index contributed by atoms with van der Waals surface area (Å²) in [6.07, 6.45) is 0. The number of benzene rings is 20. The van der Waals surface area contributed by atoms with Crippen LogP contribution in [-0.4, -0.2) is 16.1 Å². The van der Waals surface area contributed by atoms with Crippen LogP contribution < -0.4 is 30.0 Å². The van der Waals surface area contributed by atoms with Crippen molar-refractivity contribution in [3.63, 3.8) is 0 Å². The minimum absolute atomic E-state index is 0.557. The first-order chi connectivity index (χ1) is 62.6. The lowest BCUT2D eigenvalue weighted by atomic mass is 9.70. The van der Waals surface area contributed by atoms with Gasteiger partial charge in [0.15, 0.2) is 0 Å². The Balaban J connectivity index is 0.000000146. The van der Waals surface area contributed by atoms with Gasteiger partial charge in [0.25, 0.3) is 0 Å². The Labute approximate surface area is 752 Å². The van der Waals surface area contributed by atoms with Crippen molar-refractivity contribution in [2.24, 2.45) is 0 Å². The quantitative estimate of drug-likeness (QED) is 0.101. The summed E-state index contributed by atoms with van der Waals surface area (Å²) in [5.41, 5.74) is 36.5. The van der Waals surface area contributed by atoms with Crippen LogP contribution in [0.1, 0.15) is 55.6 Å². The molecule has 4 nitrogen and oxygen atoms in total. The van der Waals surface area contributed by atoms with E-state index >= 15 is 0 Å². The third-order valence-corrected chi connectivity index (χ3v) is 31.7. The number of rotatable bonds is 14. The molecule has 20 aromatic carbocycles. The third-order valence-electron chi connectivity index (χ3n) is 27.6. The zero-order valence-corrected chi connectivity index (χ0v) is 75.4. The summed E-state index contributed by atoms with van der Waals surface area (Å²) < 4.78 is 0. The molecule has 24 rings (SSSR count). The molecule has 0 aromatic heterocycles. The molecule has 0 heterocycles. The van der Waals surface area contributed by atoms with Crippen molar-refractivity contribution >= 4 is 138 Å². The molecule has 0 radical (unpaired) electrons. The number of fused-ring (bicyclic) bond motifs is 26. The van der Waals surface area contributed by atoms with Gasteiger partial charge in [0.1, 0.15) is 0 Å². The average molecular weight is 1670 g/mol. The second-order valence-corrected chi connectivity index (χ2v) is 47.3. The highest BCUT2D eigenvalue weighted by molar-refractivity contribution is 6.90. The molecule has 0 aliphatic heterocycles. The van der Waals surface area contributed by atoms with Crippen LogP contribution in [0.2, 0.25) is 39.3 Å². The molecule has 0 saturated heterocycles. The lowest BCUT2D eigenvalue weighted by Gasteiger charge is -2.33. The highest BCUT2D eigenvalue weighted by Crippen LogP contribution is 2.68. The summed E-state index contributed by atoms with van der Waals surface area (Å²) in [5.74, 6) is 0. The van der Waals surface area contributed by atoms with E-state index in [1.807, 2.05) is 0 Å². The van der Waals surface area contributed by atoms with Gasteiger partial charge in [0.05, 0.1) is 38.4 Å². The Kier molecular flexibility index (Phi) is 18.5. The average Bonchev–Trinajstić information content (AvgIpc) is 1.50. The fourth-order valence-electron chi connectivity index (χ4n) is 22.1. The molecular weight excluding hydrogens is 1580 g/mol. The van der Waals surface area contributed by atoms with Crippen molar-refractivity contribution in [3.05, 3.63) is 492 Å².